The zero-order valence-corrected chi connectivity index (χ0v) is 21.6. The molecule has 4 heteroatoms. The topological polar surface area (TPSA) is 18.5 Å². The summed E-state index contributed by atoms with van der Waals surface area (Å²) in [6.45, 7) is 0. The monoisotopic (exact) mass is 490 g/mol. The summed E-state index contributed by atoms with van der Waals surface area (Å²) in [6, 6.07) is -2.14. The van der Waals surface area contributed by atoms with Gasteiger partial charge in [0.05, 0.1) is 11.0 Å². The molecule has 4 atom stereocenters. The Morgan fingerprint density at radius 2 is 1.53 bits per heavy atom. The first kappa shape index (κ1) is 23.6. The van der Waals surface area contributed by atoms with Crippen molar-refractivity contribution in [2.24, 2.45) is 0 Å². The fraction of sp³-hybridized carbons (Fsp3) is 0.400. The molecule has 5 aliphatic rings. The van der Waals surface area contributed by atoms with Gasteiger partial charge < -0.3 is 9.47 Å². The fourth-order valence-electron chi connectivity index (χ4n) is 5.69. The van der Waals surface area contributed by atoms with Gasteiger partial charge in [-0.3, -0.25) is 0 Å². The second-order valence-electron chi connectivity index (χ2n) is 9.60. The molecule has 1 saturated carbocycles. The second-order valence-corrected chi connectivity index (χ2v) is 14.5. The van der Waals surface area contributed by atoms with Crippen LogP contribution in [0, 0.1) is 0 Å². The zero-order valence-electron chi connectivity index (χ0n) is 19.9. The zero-order chi connectivity index (χ0) is 23.2. The van der Waals surface area contributed by atoms with Gasteiger partial charge in [-0.15, -0.1) is 0 Å². The number of hydrogen-bond donors (Lipinski definition) is 0. The van der Waals surface area contributed by atoms with Gasteiger partial charge in [0.1, 0.15) is 23.4 Å². The number of hydrogen-bond acceptors (Lipinski definition) is 3. The Balaban J connectivity index is 1.73. The van der Waals surface area contributed by atoms with Gasteiger partial charge in [-0.25, -0.2) is 0 Å². The molecular formula is C30H35O2PS. The molecule has 5 rings (SSSR count). The van der Waals surface area contributed by atoms with E-state index in [0.717, 1.165) is 41.9 Å². The molecule has 2 fully saturated rings. The minimum Gasteiger partial charge on any atom is -0.489 e. The summed E-state index contributed by atoms with van der Waals surface area (Å²) in [4.78, 5) is 0. The average Bonchev–Trinajstić information content (AvgIpc) is 2.92. The van der Waals surface area contributed by atoms with E-state index < -0.39 is 6.04 Å². The third-order valence-electron chi connectivity index (χ3n) is 7.34. The Kier molecular flexibility index (Phi) is 7.72. The lowest BCUT2D eigenvalue weighted by molar-refractivity contribution is 0.0955. The van der Waals surface area contributed by atoms with Crippen LogP contribution in [0.3, 0.4) is 0 Å². The minimum atomic E-state index is -2.14. The largest absolute Gasteiger partial charge is 0.489 e. The van der Waals surface area contributed by atoms with Crippen molar-refractivity contribution in [1.29, 1.82) is 0 Å². The lowest BCUT2D eigenvalue weighted by atomic mass is 9.98. The van der Waals surface area contributed by atoms with Gasteiger partial charge in [0.2, 0.25) is 0 Å². The maximum absolute atomic E-state index is 6.96. The minimum absolute atomic E-state index is 0.0921. The molecule has 0 amide bonds. The molecule has 0 aromatic carbocycles. The Bertz CT molecular complexity index is 1090. The first-order valence-electron chi connectivity index (χ1n) is 12.9. The molecule has 2 nitrogen and oxygen atoms in total. The van der Waals surface area contributed by atoms with Crippen LogP contribution in [0.15, 0.2) is 108 Å². The number of ether oxygens (including phenoxy) is 2. The summed E-state index contributed by atoms with van der Waals surface area (Å²) < 4.78 is 13.5. The van der Waals surface area contributed by atoms with Crippen LogP contribution < -0.4 is 0 Å². The van der Waals surface area contributed by atoms with Gasteiger partial charge in [0, 0.05) is 11.7 Å². The van der Waals surface area contributed by atoms with E-state index in [1.54, 1.807) is 0 Å². The van der Waals surface area contributed by atoms with Crippen LogP contribution in [-0.2, 0) is 21.3 Å². The fourth-order valence-corrected chi connectivity index (χ4v) is 11.6. The molecular weight excluding hydrogens is 455 g/mol. The van der Waals surface area contributed by atoms with Crippen LogP contribution in [0.25, 0.3) is 0 Å². The first-order chi connectivity index (χ1) is 16.8. The van der Waals surface area contributed by atoms with E-state index in [0.29, 0.717) is 5.66 Å². The summed E-state index contributed by atoms with van der Waals surface area (Å²) in [5, 5.41) is 1.16. The highest BCUT2D eigenvalue weighted by Crippen LogP contribution is 2.74. The second kappa shape index (κ2) is 11.1. The van der Waals surface area contributed by atoms with E-state index in [9.17, 15) is 0 Å². The summed E-state index contributed by atoms with van der Waals surface area (Å²) in [6.07, 6.45) is 40.9. The summed E-state index contributed by atoms with van der Waals surface area (Å²) >= 11 is 6.96. The maximum atomic E-state index is 6.96. The molecule has 1 saturated heterocycles. The third kappa shape index (κ3) is 4.83. The summed E-state index contributed by atoms with van der Waals surface area (Å²) in [5.74, 6) is 2.80. The Morgan fingerprint density at radius 3 is 2.44 bits per heavy atom. The number of allylic oxidation sites excluding steroid dienone is 15. The van der Waals surface area contributed by atoms with E-state index in [4.69, 9.17) is 21.3 Å². The van der Waals surface area contributed by atoms with Crippen LogP contribution in [0.2, 0.25) is 0 Å². The maximum Gasteiger partial charge on any atom is 0.139 e. The number of rotatable bonds is 0. The van der Waals surface area contributed by atoms with Gasteiger partial charge in [-0.2, -0.15) is 0 Å². The molecule has 0 spiro atoms. The predicted octanol–water partition coefficient (Wildman–Crippen LogP) is 8.50. The van der Waals surface area contributed by atoms with Gasteiger partial charge in [0.15, 0.2) is 0 Å². The Hall–Kier alpha value is -2.09. The molecule has 178 valence electrons. The van der Waals surface area contributed by atoms with Crippen molar-refractivity contribution < 1.29 is 9.47 Å². The Labute approximate surface area is 209 Å². The van der Waals surface area contributed by atoms with Crippen molar-refractivity contribution in [3.8, 4) is 0 Å². The van der Waals surface area contributed by atoms with E-state index in [2.05, 4.69) is 85.1 Å². The molecule has 3 aliphatic carbocycles. The molecule has 2 aliphatic heterocycles. The van der Waals surface area contributed by atoms with Crippen LogP contribution in [0.4, 0.5) is 0 Å². The van der Waals surface area contributed by atoms with Crippen LogP contribution >= 0.6 is 6.04 Å². The van der Waals surface area contributed by atoms with Crippen molar-refractivity contribution in [2.75, 3.05) is 0 Å². The molecule has 0 aromatic heterocycles. The van der Waals surface area contributed by atoms with E-state index in [-0.39, 0.29) is 11.8 Å². The van der Waals surface area contributed by atoms with Gasteiger partial charge in [0.25, 0.3) is 0 Å². The normalized spacial score (nSPS) is 41.1. The predicted molar refractivity (Wildman–Crippen MR) is 147 cm³/mol. The lowest BCUT2D eigenvalue weighted by Gasteiger charge is -2.50. The standard InChI is InChI=1S/C30H35O2PS/c34-33-28-22-16-10-4-3-6-12-18-24(28)31-26-20-14-7-1-2-8-15-21-27(30(26)33)32-25-19-13-9-5-11-17-23-29(25)33/h2,5,7-9,11,13-15,17,19-21,23-24,28-29H,1,3-4,6,10,12,16,18,22H2/b8-2-,11-5-,13-9-,14-7-,21-15?,23-17-,25-19+,26-20+. The lowest BCUT2D eigenvalue weighted by Crippen LogP contribution is -2.40. The molecule has 34 heavy (non-hydrogen) atoms. The van der Waals surface area contributed by atoms with Crippen molar-refractivity contribution in [1.82, 2.24) is 0 Å². The van der Waals surface area contributed by atoms with E-state index in [1.165, 1.54) is 38.5 Å². The van der Waals surface area contributed by atoms with E-state index >= 15 is 0 Å². The van der Waals surface area contributed by atoms with Gasteiger partial charge in [-0.1, -0.05) is 111 Å². The Morgan fingerprint density at radius 1 is 0.765 bits per heavy atom. The van der Waals surface area contributed by atoms with Crippen molar-refractivity contribution >= 4 is 17.8 Å². The van der Waals surface area contributed by atoms with Crippen LogP contribution in [0.1, 0.15) is 57.8 Å². The molecule has 0 bridgehead atoms. The number of fused-ring (bicyclic) bond motifs is 4. The highest BCUT2D eigenvalue weighted by atomic mass is 32.4. The molecule has 2 heterocycles. The van der Waals surface area contributed by atoms with Crippen LogP contribution in [0.5, 0.6) is 0 Å². The third-order valence-corrected chi connectivity index (χ3v) is 13.3. The molecule has 4 unspecified atom stereocenters. The quantitative estimate of drug-likeness (QED) is 0.317. The molecule has 0 N–H and O–H groups in total. The highest BCUT2D eigenvalue weighted by Gasteiger charge is 2.53. The van der Waals surface area contributed by atoms with Crippen molar-refractivity contribution in [3.63, 3.8) is 0 Å². The summed E-state index contributed by atoms with van der Waals surface area (Å²) in [5.41, 5.74) is 0.464. The highest BCUT2D eigenvalue weighted by molar-refractivity contribution is 8.17. The molecule has 0 aromatic rings. The summed E-state index contributed by atoms with van der Waals surface area (Å²) in [7, 11) is 0. The average molecular weight is 491 g/mol. The van der Waals surface area contributed by atoms with Crippen molar-refractivity contribution in [2.45, 2.75) is 75.2 Å². The van der Waals surface area contributed by atoms with Crippen LogP contribution in [-0.4, -0.2) is 17.4 Å². The van der Waals surface area contributed by atoms with E-state index in [1.807, 2.05) is 0 Å². The molecule has 0 radical (unpaired) electrons. The first-order valence-corrected chi connectivity index (χ1v) is 15.8. The smallest absolute Gasteiger partial charge is 0.139 e. The SMILES string of the molecule is S=P12C3=C(C=C/C=C\C/C=C\C=C/3OC3CCCCCCCCC31)O/C1=C/C=C\C=C/C=C\C12. The van der Waals surface area contributed by atoms with Gasteiger partial charge in [-0.05, 0) is 43.9 Å². The van der Waals surface area contributed by atoms with Gasteiger partial charge >= 0.3 is 0 Å². The van der Waals surface area contributed by atoms with Crippen molar-refractivity contribution in [3.05, 3.63) is 108 Å².